The highest BCUT2D eigenvalue weighted by atomic mass is 35.8. The van der Waals surface area contributed by atoms with E-state index in [2.05, 4.69) is 43.7 Å². The van der Waals surface area contributed by atoms with Gasteiger partial charge in [0.05, 0.1) is 0 Å². The second-order valence-electron chi connectivity index (χ2n) is 2.68. The van der Waals surface area contributed by atoms with Crippen molar-refractivity contribution in [3.8, 4) is 0 Å². The van der Waals surface area contributed by atoms with Crippen molar-refractivity contribution in [2.24, 2.45) is 0 Å². The van der Waals surface area contributed by atoms with E-state index >= 15 is 0 Å². The summed E-state index contributed by atoms with van der Waals surface area (Å²) in [5, 5.41) is 0. The van der Waals surface area contributed by atoms with E-state index in [1.54, 1.807) is 0 Å². The van der Waals surface area contributed by atoms with Crippen LogP contribution in [0.2, 0.25) is 0 Å². The van der Waals surface area contributed by atoms with E-state index in [0.717, 1.165) is 0 Å². The summed E-state index contributed by atoms with van der Waals surface area (Å²) in [4.78, 5) is 0. The maximum Gasteiger partial charge on any atom is 0.643 e. The van der Waals surface area contributed by atoms with E-state index in [1.807, 2.05) is 0 Å². The zero-order valence-electron chi connectivity index (χ0n) is 8.09. The topological polar surface area (TPSA) is 0 Å². The largest absolute Gasteiger partial charge is 0.643 e. The number of benzene rings is 1. The fourth-order valence-corrected chi connectivity index (χ4v) is 0.956. The lowest BCUT2D eigenvalue weighted by molar-refractivity contribution is 0.937. The predicted octanol–water partition coefficient (Wildman–Crippen LogP) is 4.53. The van der Waals surface area contributed by atoms with Gasteiger partial charge in [-0.25, -0.2) is 30.1 Å². The third kappa shape index (κ3) is 10.7. The smallest absolute Gasteiger partial charge is 0.214 e. The summed E-state index contributed by atoms with van der Waals surface area (Å²) in [5.41, 5.74) is 1.43. The van der Waals surface area contributed by atoms with Gasteiger partial charge in [-0.15, -0.1) is 0 Å². The Kier molecular flexibility index (Phi) is 10.6. The van der Waals surface area contributed by atoms with E-state index < -0.39 is 11.4 Å². The molecule has 0 saturated carbocycles. The van der Waals surface area contributed by atoms with Crippen LogP contribution in [-0.2, 0) is 6.42 Å². The second-order valence-corrected chi connectivity index (χ2v) is 9.11. The SMILES string of the molecule is C[CH]CCc1ccccc1.[Cl][Al]([Cl])[Cl]. The van der Waals surface area contributed by atoms with E-state index in [1.165, 1.54) is 18.4 Å². The molecule has 0 aliphatic heterocycles. The van der Waals surface area contributed by atoms with Crippen molar-refractivity contribution in [3.05, 3.63) is 42.3 Å². The van der Waals surface area contributed by atoms with Crippen LogP contribution in [-0.4, -0.2) is 11.4 Å². The Morgan fingerprint density at radius 1 is 1.14 bits per heavy atom. The Bertz CT molecular complexity index is 211. The first-order chi connectivity index (χ1) is 6.66. The third-order valence-electron chi connectivity index (χ3n) is 1.56. The van der Waals surface area contributed by atoms with Gasteiger partial charge in [0.25, 0.3) is 0 Å². The molecule has 0 heterocycles. The van der Waals surface area contributed by atoms with Gasteiger partial charge in [0.2, 0.25) is 0 Å². The molecule has 0 aliphatic carbocycles. The van der Waals surface area contributed by atoms with Crippen LogP contribution >= 0.6 is 30.1 Å². The van der Waals surface area contributed by atoms with Gasteiger partial charge in [-0.05, 0) is 24.8 Å². The van der Waals surface area contributed by atoms with Crippen LogP contribution in [0.1, 0.15) is 18.9 Å². The minimum absolute atomic E-state index is 1.18. The number of rotatable bonds is 3. The number of unbranched alkanes of at least 4 members (excludes halogenated alkanes) is 1. The highest BCUT2D eigenvalue weighted by Gasteiger charge is 2.00. The molecule has 1 aromatic rings. The van der Waals surface area contributed by atoms with E-state index in [4.69, 9.17) is 30.1 Å². The lowest BCUT2D eigenvalue weighted by Crippen LogP contribution is -1.82. The summed E-state index contributed by atoms with van der Waals surface area (Å²) in [5.74, 6) is 0. The van der Waals surface area contributed by atoms with Crippen molar-refractivity contribution in [2.75, 3.05) is 0 Å². The monoisotopic (exact) mass is 265 g/mol. The van der Waals surface area contributed by atoms with Crippen LogP contribution in [0.4, 0.5) is 0 Å². The van der Waals surface area contributed by atoms with Crippen molar-refractivity contribution in [1.82, 2.24) is 0 Å². The molecule has 0 atom stereocenters. The van der Waals surface area contributed by atoms with Crippen LogP contribution in [0.25, 0.3) is 0 Å². The first-order valence-electron chi connectivity index (χ1n) is 4.40. The molecular weight excluding hydrogens is 253 g/mol. The number of halogens is 3. The zero-order chi connectivity index (χ0) is 10.8. The van der Waals surface area contributed by atoms with Gasteiger partial charge >= 0.3 is 11.4 Å². The molecule has 1 rings (SSSR count). The average molecular weight is 267 g/mol. The molecule has 1 aromatic carbocycles. The average Bonchev–Trinajstić information content (AvgIpc) is 2.15. The summed E-state index contributed by atoms with van der Waals surface area (Å²) < 4.78 is 0. The van der Waals surface area contributed by atoms with Crippen molar-refractivity contribution in [1.29, 1.82) is 0 Å². The Labute approximate surface area is 103 Å². The molecule has 0 unspecified atom stereocenters. The minimum Gasteiger partial charge on any atom is -0.214 e. The molecular formula is C10H13AlCl3. The van der Waals surface area contributed by atoms with Crippen LogP contribution in [0.5, 0.6) is 0 Å². The molecule has 0 nitrogen and oxygen atoms in total. The molecule has 4 heteroatoms. The Balaban J connectivity index is 0.000000364. The van der Waals surface area contributed by atoms with Crippen molar-refractivity contribution in [3.63, 3.8) is 0 Å². The summed E-state index contributed by atoms with van der Waals surface area (Å²) >= 11 is -1.72. The molecule has 0 aromatic heterocycles. The molecule has 1 radical (unpaired) electrons. The second kappa shape index (κ2) is 10.2. The van der Waals surface area contributed by atoms with E-state index in [9.17, 15) is 0 Å². The Morgan fingerprint density at radius 3 is 2.07 bits per heavy atom. The summed E-state index contributed by atoms with van der Waals surface area (Å²) in [6.45, 7) is 2.10. The maximum absolute atomic E-state index is 4.94. The van der Waals surface area contributed by atoms with Gasteiger partial charge in [-0.3, -0.25) is 0 Å². The highest BCUT2D eigenvalue weighted by Crippen LogP contribution is 2.02. The van der Waals surface area contributed by atoms with Crippen LogP contribution < -0.4 is 0 Å². The molecule has 14 heavy (non-hydrogen) atoms. The van der Waals surface area contributed by atoms with E-state index in [0.29, 0.717) is 0 Å². The molecule has 0 bridgehead atoms. The Morgan fingerprint density at radius 2 is 1.64 bits per heavy atom. The molecule has 0 aliphatic rings. The molecule has 0 N–H and O–H groups in total. The van der Waals surface area contributed by atoms with Gasteiger partial charge < -0.3 is 0 Å². The maximum atomic E-state index is 4.94. The molecule has 0 fully saturated rings. The fraction of sp³-hybridized carbons (Fsp3) is 0.300. The number of hydrogen-bond acceptors (Lipinski definition) is 0. The van der Waals surface area contributed by atoms with Crippen molar-refractivity contribution in [2.45, 2.75) is 19.8 Å². The van der Waals surface area contributed by atoms with Crippen LogP contribution in [0.3, 0.4) is 0 Å². The lowest BCUT2D eigenvalue weighted by atomic mass is 10.1. The summed E-state index contributed by atoms with van der Waals surface area (Å²) in [7, 11) is 14.8. The minimum atomic E-state index is -1.72. The first-order valence-corrected chi connectivity index (χ1v) is 9.64. The summed E-state index contributed by atoms with van der Waals surface area (Å²) in [6.07, 6.45) is 4.56. The highest BCUT2D eigenvalue weighted by molar-refractivity contribution is 7.54. The molecule has 77 valence electrons. The number of hydrogen-bond donors (Lipinski definition) is 0. The normalized spacial score (nSPS) is 8.86. The Hall–Kier alpha value is 0.622. The lowest BCUT2D eigenvalue weighted by Gasteiger charge is -1.96. The molecule has 0 saturated heterocycles. The first kappa shape index (κ1) is 14.6. The summed E-state index contributed by atoms with van der Waals surface area (Å²) in [6, 6.07) is 10.6. The van der Waals surface area contributed by atoms with Gasteiger partial charge in [-0.1, -0.05) is 37.3 Å². The van der Waals surface area contributed by atoms with Gasteiger partial charge in [0.15, 0.2) is 0 Å². The predicted molar refractivity (Wildman–Crippen MR) is 68.1 cm³/mol. The van der Waals surface area contributed by atoms with Crippen molar-refractivity contribution < 1.29 is 0 Å². The number of aryl methyl sites for hydroxylation is 1. The van der Waals surface area contributed by atoms with Gasteiger partial charge in [0, 0.05) is 0 Å². The van der Waals surface area contributed by atoms with Crippen LogP contribution in [0, 0.1) is 6.42 Å². The van der Waals surface area contributed by atoms with Crippen LogP contribution in [0.15, 0.2) is 30.3 Å². The molecule has 0 spiro atoms. The third-order valence-corrected chi connectivity index (χ3v) is 1.56. The van der Waals surface area contributed by atoms with Gasteiger partial charge in [-0.2, -0.15) is 0 Å². The van der Waals surface area contributed by atoms with Crippen molar-refractivity contribution >= 4 is 41.5 Å². The molecule has 0 amide bonds. The zero-order valence-corrected chi connectivity index (χ0v) is 11.5. The standard InChI is InChI=1S/C10H13.Al.3ClH/c1-2-3-7-10-8-5-4-6-9-10;;;;/h2,4-6,8-9H,3,7H2,1H3;;3*1H/q;+3;;;/p-3. The quantitative estimate of drug-likeness (QED) is 0.705. The van der Waals surface area contributed by atoms with Gasteiger partial charge in [0.1, 0.15) is 0 Å². The fourth-order valence-electron chi connectivity index (χ4n) is 0.956. The van der Waals surface area contributed by atoms with E-state index in [-0.39, 0.29) is 0 Å².